The van der Waals surface area contributed by atoms with E-state index in [1.807, 2.05) is 31.2 Å². The molecule has 0 aliphatic carbocycles. The first-order valence-electron chi connectivity index (χ1n) is 5.56. The van der Waals surface area contributed by atoms with Crippen molar-refractivity contribution in [2.24, 2.45) is 0 Å². The Kier molecular flexibility index (Phi) is 3.77. The number of anilines is 2. The quantitative estimate of drug-likeness (QED) is 0.854. The van der Waals surface area contributed by atoms with Gasteiger partial charge in [-0.3, -0.25) is 0 Å². The monoisotopic (exact) mass is 265 g/mol. The predicted molar refractivity (Wildman–Crippen MR) is 70.7 cm³/mol. The fourth-order valence-corrected chi connectivity index (χ4v) is 1.82. The molecule has 0 saturated heterocycles. The van der Waals surface area contributed by atoms with Crippen LogP contribution in [0.5, 0.6) is 0 Å². The van der Waals surface area contributed by atoms with E-state index in [2.05, 4.69) is 15.3 Å². The van der Waals surface area contributed by atoms with Crippen LogP contribution in [0, 0.1) is 12.7 Å². The summed E-state index contributed by atoms with van der Waals surface area (Å²) in [6.45, 7) is 3.46. The molecular weight excluding hydrogens is 253 g/mol. The van der Waals surface area contributed by atoms with E-state index in [1.165, 1.54) is 6.33 Å². The molecule has 0 fully saturated rings. The van der Waals surface area contributed by atoms with Crippen molar-refractivity contribution < 1.29 is 4.39 Å². The van der Waals surface area contributed by atoms with Gasteiger partial charge in [0, 0.05) is 5.69 Å². The molecule has 0 radical (unpaired) electrons. The van der Waals surface area contributed by atoms with Gasteiger partial charge in [0.15, 0.2) is 11.6 Å². The lowest BCUT2D eigenvalue weighted by Gasteiger charge is -2.13. The van der Waals surface area contributed by atoms with Crippen molar-refractivity contribution in [3.8, 4) is 0 Å². The van der Waals surface area contributed by atoms with Gasteiger partial charge in [-0.1, -0.05) is 18.2 Å². The maximum atomic E-state index is 13.8. The van der Waals surface area contributed by atoms with Crippen molar-refractivity contribution in [3.63, 3.8) is 0 Å². The minimum atomic E-state index is -0.450. The topological polar surface area (TPSA) is 37.8 Å². The highest BCUT2D eigenvalue weighted by Crippen LogP contribution is 2.29. The van der Waals surface area contributed by atoms with E-state index in [0.717, 1.165) is 11.3 Å². The maximum absolute atomic E-state index is 13.8. The summed E-state index contributed by atoms with van der Waals surface area (Å²) in [6, 6.07) is 7.48. The van der Waals surface area contributed by atoms with E-state index in [4.69, 9.17) is 11.6 Å². The molecule has 0 aliphatic heterocycles. The molecule has 5 heteroatoms. The van der Waals surface area contributed by atoms with Gasteiger partial charge in [0.1, 0.15) is 6.33 Å². The third-order valence-electron chi connectivity index (χ3n) is 2.61. The van der Waals surface area contributed by atoms with Crippen LogP contribution in [0.3, 0.4) is 0 Å². The maximum Gasteiger partial charge on any atom is 0.186 e. The summed E-state index contributed by atoms with van der Waals surface area (Å²) in [6.07, 6.45) is 1.33. The molecule has 0 aliphatic rings. The highest BCUT2D eigenvalue weighted by atomic mass is 35.5. The van der Waals surface area contributed by atoms with Gasteiger partial charge in [-0.25, -0.2) is 14.4 Å². The Morgan fingerprint density at radius 2 is 2.00 bits per heavy atom. The van der Waals surface area contributed by atoms with Crippen LogP contribution >= 0.6 is 11.6 Å². The van der Waals surface area contributed by atoms with E-state index in [-0.39, 0.29) is 11.2 Å². The minimum absolute atomic E-state index is 0.160. The van der Waals surface area contributed by atoms with Crippen molar-refractivity contribution in [1.82, 2.24) is 9.97 Å². The van der Waals surface area contributed by atoms with E-state index >= 15 is 0 Å². The average molecular weight is 266 g/mol. The number of para-hydroxylation sites is 1. The molecule has 1 aromatic carbocycles. The van der Waals surface area contributed by atoms with Gasteiger partial charge in [0.25, 0.3) is 0 Å². The van der Waals surface area contributed by atoms with Crippen LogP contribution in [0.1, 0.15) is 23.6 Å². The van der Waals surface area contributed by atoms with Gasteiger partial charge in [0.2, 0.25) is 0 Å². The molecule has 0 saturated carbocycles. The highest BCUT2D eigenvalue weighted by Gasteiger charge is 2.11. The number of rotatable bonds is 3. The summed E-state index contributed by atoms with van der Waals surface area (Å²) in [4.78, 5) is 7.68. The summed E-state index contributed by atoms with van der Waals surface area (Å²) in [5.74, 6) is -0.290. The van der Waals surface area contributed by atoms with E-state index in [1.54, 1.807) is 6.92 Å². The molecule has 0 bridgehead atoms. The fraction of sp³-hybridized carbons (Fsp3) is 0.231. The number of hydrogen-bond donors (Lipinski definition) is 1. The van der Waals surface area contributed by atoms with Crippen molar-refractivity contribution in [2.45, 2.75) is 19.2 Å². The van der Waals surface area contributed by atoms with Gasteiger partial charge < -0.3 is 5.32 Å². The van der Waals surface area contributed by atoms with Crippen LogP contribution in [0.25, 0.3) is 0 Å². The normalized spacial score (nSPS) is 12.2. The van der Waals surface area contributed by atoms with Crippen LogP contribution in [-0.4, -0.2) is 9.97 Å². The highest BCUT2D eigenvalue weighted by molar-refractivity contribution is 6.21. The van der Waals surface area contributed by atoms with Crippen LogP contribution in [-0.2, 0) is 0 Å². The zero-order valence-corrected chi connectivity index (χ0v) is 10.9. The number of alkyl halides is 1. The van der Waals surface area contributed by atoms with Crippen molar-refractivity contribution in [3.05, 3.63) is 47.7 Å². The number of hydrogen-bond acceptors (Lipinski definition) is 3. The Hall–Kier alpha value is -1.68. The first-order chi connectivity index (χ1) is 8.59. The van der Waals surface area contributed by atoms with E-state index in [0.29, 0.717) is 5.69 Å². The Balaban J connectivity index is 2.37. The summed E-state index contributed by atoms with van der Waals surface area (Å²) in [5.41, 5.74) is 1.95. The lowest BCUT2D eigenvalue weighted by Crippen LogP contribution is -2.03. The van der Waals surface area contributed by atoms with Gasteiger partial charge >= 0.3 is 0 Å². The van der Waals surface area contributed by atoms with Crippen molar-refractivity contribution >= 4 is 23.1 Å². The number of nitrogens with one attached hydrogen (secondary N) is 1. The smallest absolute Gasteiger partial charge is 0.186 e. The number of benzene rings is 1. The van der Waals surface area contributed by atoms with Crippen LogP contribution < -0.4 is 5.32 Å². The summed E-state index contributed by atoms with van der Waals surface area (Å²) in [5, 5.41) is 2.79. The van der Waals surface area contributed by atoms with E-state index < -0.39 is 5.82 Å². The van der Waals surface area contributed by atoms with Crippen LogP contribution in [0.15, 0.2) is 30.6 Å². The predicted octanol–water partition coefficient (Wildman–Crippen LogP) is 3.97. The van der Waals surface area contributed by atoms with E-state index in [9.17, 15) is 4.39 Å². The lowest BCUT2D eigenvalue weighted by molar-refractivity contribution is 0.607. The van der Waals surface area contributed by atoms with Gasteiger partial charge in [-0.05, 0) is 25.5 Å². The molecule has 94 valence electrons. The molecule has 1 atom stereocenters. The Labute approximate surface area is 110 Å². The third-order valence-corrected chi connectivity index (χ3v) is 2.84. The van der Waals surface area contributed by atoms with Gasteiger partial charge in [-0.2, -0.15) is 0 Å². The lowest BCUT2D eigenvalue weighted by atomic mass is 10.1. The van der Waals surface area contributed by atoms with Crippen LogP contribution in [0.2, 0.25) is 0 Å². The van der Waals surface area contributed by atoms with Crippen molar-refractivity contribution in [1.29, 1.82) is 0 Å². The van der Waals surface area contributed by atoms with Crippen molar-refractivity contribution in [2.75, 3.05) is 5.32 Å². The summed E-state index contributed by atoms with van der Waals surface area (Å²) >= 11 is 6.08. The summed E-state index contributed by atoms with van der Waals surface area (Å²) < 4.78 is 13.8. The molecule has 1 aromatic heterocycles. The van der Waals surface area contributed by atoms with Gasteiger partial charge in [0.05, 0.1) is 11.1 Å². The molecule has 0 amide bonds. The molecule has 18 heavy (non-hydrogen) atoms. The molecule has 0 spiro atoms. The third kappa shape index (κ3) is 2.59. The number of nitrogens with zero attached hydrogens (tertiary/aromatic N) is 2. The second kappa shape index (κ2) is 5.31. The Morgan fingerprint density at radius 3 is 2.72 bits per heavy atom. The van der Waals surface area contributed by atoms with Crippen LogP contribution in [0.4, 0.5) is 15.9 Å². The molecule has 1 heterocycles. The zero-order valence-electron chi connectivity index (χ0n) is 10.1. The summed E-state index contributed by atoms with van der Waals surface area (Å²) in [7, 11) is 0. The number of aryl methyl sites for hydroxylation is 1. The largest absolute Gasteiger partial charge is 0.337 e. The molecule has 3 nitrogen and oxygen atoms in total. The first-order valence-corrected chi connectivity index (χ1v) is 6.00. The fourth-order valence-electron chi connectivity index (χ4n) is 1.63. The Bertz CT molecular complexity index is 558. The second-order valence-corrected chi connectivity index (χ2v) is 4.60. The standard InChI is InChI=1S/C13H13ClFN3/c1-8(14)10-5-3-4-6-11(10)18-13-12(15)9(2)16-7-17-13/h3-8H,1-2H3,(H,16,17,18). The minimum Gasteiger partial charge on any atom is -0.337 e. The molecule has 1 unspecified atom stereocenters. The first kappa shape index (κ1) is 12.8. The number of aromatic nitrogens is 2. The Morgan fingerprint density at radius 1 is 1.28 bits per heavy atom. The molecule has 2 aromatic rings. The molecular formula is C13H13ClFN3. The number of halogens is 2. The average Bonchev–Trinajstić information content (AvgIpc) is 2.35. The van der Waals surface area contributed by atoms with Gasteiger partial charge in [-0.15, -0.1) is 11.6 Å². The second-order valence-electron chi connectivity index (χ2n) is 3.95. The molecule has 2 rings (SSSR count). The zero-order chi connectivity index (χ0) is 13.1. The SMILES string of the molecule is Cc1ncnc(Nc2ccccc2C(C)Cl)c1F. The molecule has 1 N–H and O–H groups in total.